The molecule has 1 aliphatic rings. The highest BCUT2D eigenvalue weighted by molar-refractivity contribution is 6.04. The van der Waals surface area contributed by atoms with Crippen LogP contribution in [0, 0.1) is 0 Å². The van der Waals surface area contributed by atoms with Gasteiger partial charge < -0.3 is 16.0 Å². The van der Waals surface area contributed by atoms with Crippen LogP contribution in [0.15, 0.2) is 36.7 Å². The van der Waals surface area contributed by atoms with Gasteiger partial charge in [-0.3, -0.25) is 4.79 Å². The van der Waals surface area contributed by atoms with E-state index in [0.717, 1.165) is 31.7 Å². The molecule has 6 heteroatoms. The summed E-state index contributed by atoms with van der Waals surface area (Å²) in [5.41, 5.74) is 7.15. The molecule has 3 rings (SSSR count). The highest BCUT2D eigenvalue weighted by atomic mass is 16.1. The maximum Gasteiger partial charge on any atom is 0.274 e. The predicted molar refractivity (Wildman–Crippen MR) is 82.3 cm³/mol. The summed E-state index contributed by atoms with van der Waals surface area (Å²) in [6, 6.07) is 6.94. The minimum absolute atomic E-state index is 0.261. The average molecular weight is 283 g/mol. The SMILES string of the molecule is Nc1ccc(C(=O)Nc2cccnc2N2CCCC2)nc1. The minimum atomic E-state index is -0.261. The topological polar surface area (TPSA) is 84.1 Å². The molecule has 1 fully saturated rings. The molecule has 2 aromatic heterocycles. The van der Waals surface area contributed by atoms with E-state index in [2.05, 4.69) is 20.2 Å². The first-order chi connectivity index (χ1) is 10.2. The molecule has 0 unspecified atom stereocenters. The van der Waals surface area contributed by atoms with Crippen LogP contribution in [0.25, 0.3) is 0 Å². The van der Waals surface area contributed by atoms with E-state index in [1.807, 2.05) is 12.1 Å². The van der Waals surface area contributed by atoms with Gasteiger partial charge in [0.05, 0.1) is 17.6 Å². The van der Waals surface area contributed by atoms with E-state index in [0.29, 0.717) is 17.1 Å². The fourth-order valence-corrected chi connectivity index (χ4v) is 2.40. The lowest BCUT2D eigenvalue weighted by Gasteiger charge is -2.19. The minimum Gasteiger partial charge on any atom is -0.397 e. The number of hydrogen-bond donors (Lipinski definition) is 2. The zero-order valence-corrected chi connectivity index (χ0v) is 11.6. The molecule has 0 bridgehead atoms. The van der Waals surface area contributed by atoms with E-state index in [-0.39, 0.29) is 5.91 Å². The van der Waals surface area contributed by atoms with Gasteiger partial charge in [0.2, 0.25) is 0 Å². The van der Waals surface area contributed by atoms with Crippen LogP contribution in [-0.2, 0) is 0 Å². The van der Waals surface area contributed by atoms with Gasteiger partial charge in [-0.25, -0.2) is 9.97 Å². The number of aromatic nitrogens is 2. The van der Waals surface area contributed by atoms with Crippen molar-refractivity contribution in [3.05, 3.63) is 42.4 Å². The molecule has 3 N–H and O–H groups in total. The van der Waals surface area contributed by atoms with Crippen molar-refractivity contribution in [3.63, 3.8) is 0 Å². The Labute approximate surface area is 123 Å². The Bertz CT molecular complexity index is 635. The van der Waals surface area contributed by atoms with Crippen LogP contribution < -0.4 is 16.0 Å². The van der Waals surface area contributed by atoms with Crippen molar-refractivity contribution >= 4 is 23.1 Å². The van der Waals surface area contributed by atoms with E-state index in [1.165, 1.54) is 6.20 Å². The van der Waals surface area contributed by atoms with Crippen molar-refractivity contribution in [2.75, 3.05) is 29.0 Å². The zero-order valence-electron chi connectivity index (χ0n) is 11.6. The second kappa shape index (κ2) is 5.78. The third-order valence-corrected chi connectivity index (χ3v) is 3.46. The molecule has 0 radical (unpaired) electrons. The first-order valence-electron chi connectivity index (χ1n) is 6.97. The van der Waals surface area contributed by atoms with Gasteiger partial charge in [0.1, 0.15) is 5.69 Å². The molecule has 0 atom stereocenters. The number of nitrogen functional groups attached to an aromatic ring is 1. The Balaban J connectivity index is 1.81. The fourth-order valence-electron chi connectivity index (χ4n) is 2.40. The van der Waals surface area contributed by atoms with Crippen LogP contribution in [0.4, 0.5) is 17.2 Å². The third-order valence-electron chi connectivity index (χ3n) is 3.46. The lowest BCUT2D eigenvalue weighted by molar-refractivity contribution is 0.102. The molecule has 0 aromatic carbocycles. The number of hydrogen-bond acceptors (Lipinski definition) is 5. The molecule has 0 saturated carbocycles. The Morgan fingerprint density at radius 3 is 2.71 bits per heavy atom. The molecule has 21 heavy (non-hydrogen) atoms. The smallest absolute Gasteiger partial charge is 0.274 e. The second-order valence-electron chi connectivity index (χ2n) is 5.00. The summed E-state index contributed by atoms with van der Waals surface area (Å²) >= 11 is 0. The predicted octanol–water partition coefficient (Wildman–Crippen LogP) is 1.91. The lowest BCUT2D eigenvalue weighted by Crippen LogP contribution is -2.22. The van der Waals surface area contributed by atoms with Crippen molar-refractivity contribution in [2.24, 2.45) is 0 Å². The van der Waals surface area contributed by atoms with E-state index in [4.69, 9.17) is 5.73 Å². The number of rotatable bonds is 3. The number of pyridine rings is 2. The van der Waals surface area contributed by atoms with Gasteiger partial charge in [0.25, 0.3) is 5.91 Å². The summed E-state index contributed by atoms with van der Waals surface area (Å²) in [4.78, 5) is 22.8. The highest BCUT2D eigenvalue weighted by Gasteiger charge is 2.18. The van der Waals surface area contributed by atoms with Crippen molar-refractivity contribution in [2.45, 2.75) is 12.8 Å². The summed E-state index contributed by atoms with van der Waals surface area (Å²) in [5, 5.41) is 2.88. The molecular weight excluding hydrogens is 266 g/mol. The summed E-state index contributed by atoms with van der Waals surface area (Å²) < 4.78 is 0. The van der Waals surface area contributed by atoms with E-state index in [1.54, 1.807) is 18.3 Å². The van der Waals surface area contributed by atoms with Crippen LogP contribution in [0.3, 0.4) is 0 Å². The van der Waals surface area contributed by atoms with Crippen LogP contribution in [-0.4, -0.2) is 29.0 Å². The number of nitrogens with one attached hydrogen (secondary N) is 1. The monoisotopic (exact) mass is 283 g/mol. The number of anilines is 3. The van der Waals surface area contributed by atoms with E-state index >= 15 is 0 Å². The summed E-state index contributed by atoms with van der Waals surface area (Å²) in [7, 11) is 0. The molecule has 3 heterocycles. The summed E-state index contributed by atoms with van der Waals surface area (Å²) in [6.07, 6.45) is 5.53. The number of carbonyl (C=O) groups excluding carboxylic acids is 1. The van der Waals surface area contributed by atoms with Gasteiger partial charge in [-0.1, -0.05) is 0 Å². The van der Waals surface area contributed by atoms with Crippen molar-refractivity contribution in [3.8, 4) is 0 Å². The molecule has 2 aromatic rings. The van der Waals surface area contributed by atoms with Crippen LogP contribution in [0.1, 0.15) is 23.3 Å². The van der Waals surface area contributed by atoms with E-state index in [9.17, 15) is 4.79 Å². The fraction of sp³-hybridized carbons (Fsp3) is 0.267. The molecule has 1 saturated heterocycles. The van der Waals surface area contributed by atoms with Gasteiger partial charge in [-0.15, -0.1) is 0 Å². The highest BCUT2D eigenvalue weighted by Crippen LogP contribution is 2.26. The molecule has 0 aliphatic carbocycles. The number of amides is 1. The Kier molecular flexibility index (Phi) is 3.68. The van der Waals surface area contributed by atoms with Crippen LogP contribution in [0.2, 0.25) is 0 Å². The van der Waals surface area contributed by atoms with Gasteiger partial charge in [0.15, 0.2) is 5.82 Å². The molecule has 1 aliphatic heterocycles. The second-order valence-corrected chi connectivity index (χ2v) is 5.00. The molecule has 108 valence electrons. The average Bonchev–Trinajstić information content (AvgIpc) is 3.02. The summed E-state index contributed by atoms with van der Waals surface area (Å²) in [5.74, 6) is 0.558. The quantitative estimate of drug-likeness (QED) is 0.899. The zero-order chi connectivity index (χ0) is 14.7. The first kappa shape index (κ1) is 13.4. The Hall–Kier alpha value is -2.63. The van der Waals surface area contributed by atoms with Crippen molar-refractivity contribution in [1.29, 1.82) is 0 Å². The van der Waals surface area contributed by atoms with Crippen LogP contribution in [0.5, 0.6) is 0 Å². The number of nitrogens with two attached hydrogens (primary N) is 1. The molecule has 6 nitrogen and oxygen atoms in total. The van der Waals surface area contributed by atoms with Crippen molar-refractivity contribution in [1.82, 2.24) is 9.97 Å². The maximum atomic E-state index is 12.2. The number of carbonyl (C=O) groups is 1. The molecular formula is C15H17N5O. The van der Waals surface area contributed by atoms with Crippen molar-refractivity contribution < 1.29 is 4.79 Å². The largest absolute Gasteiger partial charge is 0.397 e. The standard InChI is InChI=1S/C15H17N5O/c16-11-5-6-13(18-10-11)15(21)19-12-4-3-7-17-14(12)20-8-1-2-9-20/h3-7,10H,1-2,8-9,16H2,(H,19,21). The third kappa shape index (κ3) is 2.94. The lowest BCUT2D eigenvalue weighted by atomic mass is 10.3. The van der Waals surface area contributed by atoms with E-state index < -0.39 is 0 Å². The maximum absolute atomic E-state index is 12.2. The van der Waals surface area contributed by atoms with Gasteiger partial charge in [0, 0.05) is 19.3 Å². The van der Waals surface area contributed by atoms with Gasteiger partial charge in [-0.2, -0.15) is 0 Å². The normalized spacial score (nSPS) is 14.2. The first-order valence-corrected chi connectivity index (χ1v) is 6.97. The summed E-state index contributed by atoms with van der Waals surface area (Å²) in [6.45, 7) is 1.94. The van der Waals surface area contributed by atoms with Gasteiger partial charge >= 0.3 is 0 Å². The Morgan fingerprint density at radius 2 is 2.00 bits per heavy atom. The van der Waals surface area contributed by atoms with Crippen LogP contribution >= 0.6 is 0 Å². The number of nitrogens with zero attached hydrogens (tertiary/aromatic N) is 3. The molecule has 1 amide bonds. The molecule has 0 spiro atoms. The van der Waals surface area contributed by atoms with Gasteiger partial charge in [-0.05, 0) is 37.1 Å². The Morgan fingerprint density at radius 1 is 1.19 bits per heavy atom.